The van der Waals surface area contributed by atoms with E-state index in [0.717, 1.165) is 0 Å². The van der Waals surface area contributed by atoms with Crippen LogP contribution in [0.2, 0.25) is 0 Å². The summed E-state index contributed by atoms with van der Waals surface area (Å²) in [7, 11) is 0. The number of benzene rings is 1. The number of esters is 3. The molecule has 136 valence electrons. The van der Waals surface area contributed by atoms with Gasteiger partial charge in [0.15, 0.2) is 5.92 Å². The molecular weight excluding hydrogens is 324 g/mol. The van der Waals surface area contributed by atoms with Gasteiger partial charge in [-0.3, -0.25) is 9.59 Å². The molecule has 0 saturated heterocycles. The molecule has 0 aliphatic heterocycles. The Morgan fingerprint density at radius 1 is 1.08 bits per heavy atom. The molecule has 0 heterocycles. The molecule has 0 bridgehead atoms. The van der Waals surface area contributed by atoms with Crippen LogP contribution < -0.4 is 4.74 Å². The second-order valence-electron chi connectivity index (χ2n) is 5.83. The minimum absolute atomic E-state index is 0.0791. The molecule has 0 aromatic heterocycles. The highest BCUT2D eigenvalue weighted by atomic mass is 16.6. The lowest BCUT2D eigenvalue weighted by Gasteiger charge is -2.17. The van der Waals surface area contributed by atoms with Crippen molar-refractivity contribution < 1.29 is 28.6 Å². The van der Waals surface area contributed by atoms with Crippen LogP contribution in [0.1, 0.15) is 33.6 Å². The molecule has 0 spiro atoms. The van der Waals surface area contributed by atoms with Crippen LogP contribution in [0.25, 0.3) is 0 Å². The molecule has 1 rings (SSSR count). The van der Waals surface area contributed by atoms with Gasteiger partial charge in [-0.25, -0.2) is 4.79 Å². The summed E-state index contributed by atoms with van der Waals surface area (Å²) in [6.07, 6.45) is 0.127. The molecule has 1 aromatic carbocycles. The maximum absolute atomic E-state index is 12.3. The number of carbonyl (C=O) groups excluding carboxylic acids is 3. The lowest BCUT2D eigenvalue weighted by molar-refractivity contribution is -0.160. The minimum Gasteiger partial charge on any atom is -0.462 e. The highest BCUT2D eigenvalue weighted by Gasteiger charge is 2.30. The molecule has 6 nitrogen and oxygen atoms in total. The van der Waals surface area contributed by atoms with E-state index >= 15 is 0 Å². The van der Waals surface area contributed by atoms with Crippen LogP contribution in [0.4, 0.5) is 0 Å². The molecule has 0 amide bonds. The lowest BCUT2D eigenvalue weighted by atomic mass is 10.0. The zero-order chi connectivity index (χ0) is 18.8. The normalized spacial score (nSPS) is 11.5. The summed E-state index contributed by atoms with van der Waals surface area (Å²) in [5.41, 5.74) is 0.291. The first kappa shape index (κ1) is 20.4. The maximum atomic E-state index is 12.3. The Morgan fingerprint density at radius 3 is 2.28 bits per heavy atom. The SMILES string of the molecule is C=C(C)C(=O)OCCCC(C(=O)Oc1ccccc1)C(=O)OC(C)C. The Morgan fingerprint density at radius 2 is 1.72 bits per heavy atom. The van der Waals surface area contributed by atoms with Gasteiger partial charge < -0.3 is 14.2 Å². The van der Waals surface area contributed by atoms with Crippen LogP contribution in [-0.4, -0.2) is 30.6 Å². The largest absolute Gasteiger partial charge is 0.462 e. The van der Waals surface area contributed by atoms with E-state index in [2.05, 4.69) is 6.58 Å². The van der Waals surface area contributed by atoms with Crippen molar-refractivity contribution in [3.8, 4) is 5.75 Å². The van der Waals surface area contributed by atoms with Crippen molar-refractivity contribution in [1.29, 1.82) is 0 Å². The molecule has 0 saturated carbocycles. The molecule has 25 heavy (non-hydrogen) atoms. The van der Waals surface area contributed by atoms with Crippen molar-refractivity contribution in [2.75, 3.05) is 6.61 Å². The summed E-state index contributed by atoms with van der Waals surface area (Å²) in [5, 5.41) is 0. The van der Waals surface area contributed by atoms with Crippen molar-refractivity contribution in [3.05, 3.63) is 42.5 Å². The number of ether oxygens (including phenoxy) is 3. The summed E-state index contributed by atoms with van der Waals surface area (Å²) in [6, 6.07) is 8.48. The topological polar surface area (TPSA) is 78.9 Å². The van der Waals surface area contributed by atoms with Gasteiger partial charge in [0.2, 0.25) is 0 Å². The molecule has 1 aromatic rings. The van der Waals surface area contributed by atoms with Crippen LogP contribution in [0.3, 0.4) is 0 Å². The van der Waals surface area contributed by atoms with Crippen LogP contribution in [-0.2, 0) is 23.9 Å². The van der Waals surface area contributed by atoms with Crippen molar-refractivity contribution in [1.82, 2.24) is 0 Å². The molecule has 0 N–H and O–H groups in total. The minimum atomic E-state index is -1.08. The summed E-state index contributed by atoms with van der Waals surface area (Å²) < 4.78 is 15.3. The second-order valence-corrected chi connectivity index (χ2v) is 5.83. The third-order valence-electron chi connectivity index (χ3n) is 3.10. The van der Waals surface area contributed by atoms with E-state index in [4.69, 9.17) is 14.2 Å². The highest BCUT2D eigenvalue weighted by Crippen LogP contribution is 2.17. The first-order valence-corrected chi connectivity index (χ1v) is 8.11. The summed E-state index contributed by atoms with van der Waals surface area (Å²) in [4.78, 5) is 35.8. The molecule has 0 aliphatic rings. The summed E-state index contributed by atoms with van der Waals surface area (Å²) in [5.74, 6) is -2.58. The fourth-order valence-corrected chi connectivity index (χ4v) is 1.90. The lowest BCUT2D eigenvalue weighted by Crippen LogP contribution is -2.31. The molecule has 0 radical (unpaired) electrons. The van der Waals surface area contributed by atoms with E-state index in [1.165, 1.54) is 0 Å². The summed E-state index contributed by atoms with van der Waals surface area (Å²) >= 11 is 0. The van der Waals surface area contributed by atoms with Crippen LogP contribution in [0.5, 0.6) is 5.75 Å². The van der Waals surface area contributed by atoms with Gasteiger partial charge in [0.05, 0.1) is 12.7 Å². The number of hydrogen-bond donors (Lipinski definition) is 0. The van der Waals surface area contributed by atoms with Gasteiger partial charge in [-0.2, -0.15) is 0 Å². The predicted molar refractivity (Wildman–Crippen MR) is 91.8 cm³/mol. The maximum Gasteiger partial charge on any atom is 0.333 e. The van der Waals surface area contributed by atoms with E-state index in [-0.39, 0.29) is 19.1 Å². The van der Waals surface area contributed by atoms with Crippen molar-refractivity contribution >= 4 is 17.9 Å². The Kier molecular flexibility index (Phi) is 8.39. The Balaban J connectivity index is 2.65. The zero-order valence-electron chi connectivity index (χ0n) is 14.8. The monoisotopic (exact) mass is 348 g/mol. The Hall–Kier alpha value is -2.63. The van der Waals surface area contributed by atoms with E-state index in [9.17, 15) is 14.4 Å². The fraction of sp³-hybridized carbons (Fsp3) is 0.421. The van der Waals surface area contributed by atoms with Crippen LogP contribution in [0.15, 0.2) is 42.5 Å². The van der Waals surface area contributed by atoms with Gasteiger partial charge >= 0.3 is 17.9 Å². The smallest absolute Gasteiger partial charge is 0.333 e. The van der Waals surface area contributed by atoms with E-state index in [1.54, 1.807) is 51.1 Å². The quantitative estimate of drug-likeness (QED) is 0.224. The third kappa shape index (κ3) is 7.65. The first-order chi connectivity index (χ1) is 11.8. The average molecular weight is 348 g/mol. The van der Waals surface area contributed by atoms with Gasteiger partial charge in [0.25, 0.3) is 0 Å². The van der Waals surface area contributed by atoms with E-state index in [0.29, 0.717) is 17.7 Å². The number of rotatable bonds is 9. The van der Waals surface area contributed by atoms with Gasteiger partial charge in [0, 0.05) is 5.57 Å². The predicted octanol–water partition coefficient (Wildman–Crippen LogP) is 3.06. The van der Waals surface area contributed by atoms with Crippen molar-refractivity contribution in [3.63, 3.8) is 0 Å². The first-order valence-electron chi connectivity index (χ1n) is 8.11. The Bertz CT molecular complexity index is 606. The molecular formula is C19H24O6. The number of carbonyl (C=O) groups is 3. The second kappa shape index (κ2) is 10.3. The third-order valence-corrected chi connectivity index (χ3v) is 3.10. The number of para-hydroxylation sites is 1. The van der Waals surface area contributed by atoms with Crippen LogP contribution in [0, 0.1) is 5.92 Å². The highest BCUT2D eigenvalue weighted by molar-refractivity contribution is 5.95. The van der Waals surface area contributed by atoms with E-state index < -0.39 is 23.8 Å². The summed E-state index contributed by atoms with van der Waals surface area (Å²) in [6.45, 7) is 8.51. The van der Waals surface area contributed by atoms with Gasteiger partial charge in [-0.05, 0) is 45.7 Å². The molecule has 6 heteroatoms. The average Bonchev–Trinajstić information content (AvgIpc) is 2.54. The van der Waals surface area contributed by atoms with Crippen molar-refractivity contribution in [2.24, 2.45) is 5.92 Å². The van der Waals surface area contributed by atoms with Crippen molar-refractivity contribution in [2.45, 2.75) is 39.7 Å². The van der Waals surface area contributed by atoms with Gasteiger partial charge in [0.1, 0.15) is 5.75 Å². The Labute approximate surface area is 147 Å². The van der Waals surface area contributed by atoms with Gasteiger partial charge in [-0.15, -0.1) is 0 Å². The molecule has 1 atom stereocenters. The zero-order valence-corrected chi connectivity index (χ0v) is 14.8. The molecule has 0 fully saturated rings. The van der Waals surface area contributed by atoms with E-state index in [1.807, 2.05) is 0 Å². The van der Waals surface area contributed by atoms with Gasteiger partial charge in [-0.1, -0.05) is 24.8 Å². The molecule has 0 aliphatic carbocycles. The standard InChI is InChI=1S/C19H24O6/c1-13(2)17(20)23-12-8-11-16(18(21)24-14(3)4)19(22)25-15-9-6-5-7-10-15/h5-7,9-10,14,16H,1,8,11-12H2,2-4H3. The molecule has 1 unspecified atom stereocenters. The number of hydrogen-bond acceptors (Lipinski definition) is 6. The fourth-order valence-electron chi connectivity index (χ4n) is 1.90. The van der Waals surface area contributed by atoms with Crippen LogP contribution >= 0.6 is 0 Å².